The van der Waals surface area contributed by atoms with Gasteiger partial charge in [-0.15, -0.1) is 0 Å². The van der Waals surface area contributed by atoms with Crippen LogP contribution in [0.25, 0.3) is 0 Å². The molecule has 0 bridgehead atoms. The first kappa shape index (κ1) is 14.7. The van der Waals surface area contributed by atoms with Crippen molar-refractivity contribution >= 4 is 11.6 Å². The summed E-state index contributed by atoms with van der Waals surface area (Å²) in [7, 11) is 0. The van der Waals surface area contributed by atoms with Crippen molar-refractivity contribution in [2.45, 2.75) is 53.5 Å². The summed E-state index contributed by atoms with van der Waals surface area (Å²) in [6.45, 7) is 10.1. The molecule has 0 aliphatic heterocycles. The number of nitrogens with one attached hydrogen (secondary N) is 1. The third-order valence-electron chi connectivity index (χ3n) is 3.06. The van der Waals surface area contributed by atoms with Crippen molar-refractivity contribution in [2.75, 3.05) is 5.32 Å². The van der Waals surface area contributed by atoms with Gasteiger partial charge in [0.2, 0.25) is 0 Å². The lowest BCUT2D eigenvalue weighted by Crippen LogP contribution is -2.25. The Labute approximate surface area is 110 Å². The number of carbonyl (C=O) groups is 1. The van der Waals surface area contributed by atoms with Crippen molar-refractivity contribution in [1.82, 2.24) is 4.98 Å². The first-order valence-corrected chi connectivity index (χ1v) is 6.66. The number of anilines is 1. The van der Waals surface area contributed by atoms with Crippen molar-refractivity contribution in [3.63, 3.8) is 0 Å². The zero-order valence-electron chi connectivity index (χ0n) is 12.1. The van der Waals surface area contributed by atoms with Gasteiger partial charge in [-0.2, -0.15) is 0 Å². The Balaban J connectivity index is 3.03. The number of pyridine rings is 1. The molecule has 0 spiro atoms. The predicted octanol–water partition coefficient (Wildman–Crippen LogP) is 3.91. The molecule has 0 unspecified atom stereocenters. The van der Waals surface area contributed by atoms with E-state index in [0.29, 0.717) is 17.4 Å². The molecule has 0 saturated heterocycles. The van der Waals surface area contributed by atoms with Gasteiger partial charge in [0.1, 0.15) is 5.82 Å². The van der Waals surface area contributed by atoms with Gasteiger partial charge in [-0.3, -0.25) is 4.79 Å². The van der Waals surface area contributed by atoms with Crippen LogP contribution in [-0.4, -0.2) is 16.8 Å². The minimum atomic E-state index is -0.382. The molecular weight excluding hydrogens is 224 g/mol. The summed E-state index contributed by atoms with van der Waals surface area (Å²) >= 11 is 0. The average molecular weight is 248 g/mol. The van der Waals surface area contributed by atoms with Crippen LogP contribution >= 0.6 is 0 Å². The van der Waals surface area contributed by atoms with E-state index in [9.17, 15) is 4.79 Å². The Morgan fingerprint density at radius 2 is 1.94 bits per heavy atom. The standard InChI is InChI=1S/C15H24N2O/c1-6-11(7-2)17-14-12(9-8-10-16-14)13(18)15(3,4)5/h8-11H,6-7H2,1-5H3,(H,16,17). The fraction of sp³-hybridized carbons (Fsp3) is 0.600. The largest absolute Gasteiger partial charge is 0.367 e. The summed E-state index contributed by atoms with van der Waals surface area (Å²) in [5.74, 6) is 0.843. The van der Waals surface area contributed by atoms with Crippen LogP contribution < -0.4 is 5.32 Å². The SMILES string of the molecule is CCC(CC)Nc1ncccc1C(=O)C(C)(C)C. The molecule has 0 aliphatic carbocycles. The Morgan fingerprint density at radius 3 is 2.44 bits per heavy atom. The molecule has 0 saturated carbocycles. The highest BCUT2D eigenvalue weighted by atomic mass is 16.1. The second-order valence-electron chi connectivity index (χ2n) is 5.64. The van der Waals surface area contributed by atoms with E-state index in [1.807, 2.05) is 32.9 Å². The molecular formula is C15H24N2O. The molecule has 1 N–H and O–H groups in total. The van der Waals surface area contributed by atoms with Gasteiger partial charge in [-0.25, -0.2) is 4.98 Å². The summed E-state index contributed by atoms with van der Waals surface area (Å²) in [6, 6.07) is 4.04. The zero-order valence-corrected chi connectivity index (χ0v) is 12.1. The van der Waals surface area contributed by atoms with Gasteiger partial charge in [-0.1, -0.05) is 34.6 Å². The number of carbonyl (C=O) groups excluding carboxylic acids is 1. The highest BCUT2D eigenvalue weighted by Crippen LogP contribution is 2.25. The van der Waals surface area contributed by atoms with E-state index in [-0.39, 0.29) is 11.2 Å². The molecule has 0 aromatic carbocycles. The molecule has 1 heterocycles. The lowest BCUT2D eigenvalue weighted by Gasteiger charge is -2.21. The first-order valence-electron chi connectivity index (χ1n) is 6.66. The van der Waals surface area contributed by atoms with Gasteiger partial charge in [0, 0.05) is 17.7 Å². The fourth-order valence-corrected chi connectivity index (χ4v) is 1.79. The average Bonchev–Trinajstić information content (AvgIpc) is 2.34. The van der Waals surface area contributed by atoms with Crippen molar-refractivity contribution in [3.8, 4) is 0 Å². The molecule has 1 aromatic rings. The van der Waals surface area contributed by atoms with E-state index in [2.05, 4.69) is 24.1 Å². The number of nitrogens with zero attached hydrogens (tertiary/aromatic N) is 1. The number of rotatable bonds is 5. The van der Waals surface area contributed by atoms with Crippen LogP contribution in [0.15, 0.2) is 18.3 Å². The second-order valence-corrected chi connectivity index (χ2v) is 5.64. The van der Waals surface area contributed by atoms with E-state index in [4.69, 9.17) is 0 Å². The van der Waals surface area contributed by atoms with Crippen LogP contribution in [0.1, 0.15) is 57.8 Å². The minimum Gasteiger partial charge on any atom is -0.367 e. The number of aromatic nitrogens is 1. The molecule has 1 aromatic heterocycles. The maximum atomic E-state index is 12.4. The van der Waals surface area contributed by atoms with Gasteiger partial charge in [0.15, 0.2) is 5.78 Å². The van der Waals surface area contributed by atoms with Gasteiger partial charge in [0.05, 0.1) is 5.56 Å². The molecule has 18 heavy (non-hydrogen) atoms. The molecule has 0 aliphatic rings. The summed E-state index contributed by atoms with van der Waals surface area (Å²) in [5, 5.41) is 3.37. The first-order chi connectivity index (χ1) is 8.40. The summed E-state index contributed by atoms with van der Waals surface area (Å²) in [5.41, 5.74) is 0.310. The Hall–Kier alpha value is -1.38. The molecule has 0 fully saturated rings. The van der Waals surface area contributed by atoms with Crippen LogP contribution in [0.4, 0.5) is 5.82 Å². The van der Waals surface area contributed by atoms with E-state index in [1.165, 1.54) is 0 Å². The molecule has 100 valence electrons. The van der Waals surface area contributed by atoms with Gasteiger partial charge < -0.3 is 5.32 Å². The molecule has 0 radical (unpaired) electrons. The molecule has 3 heteroatoms. The normalized spacial score (nSPS) is 11.7. The van der Waals surface area contributed by atoms with Crippen LogP contribution in [0.5, 0.6) is 0 Å². The maximum Gasteiger partial charge on any atom is 0.171 e. The zero-order chi connectivity index (χ0) is 13.8. The Bertz CT molecular complexity index is 403. The minimum absolute atomic E-state index is 0.129. The van der Waals surface area contributed by atoms with Crippen molar-refractivity contribution in [3.05, 3.63) is 23.9 Å². The smallest absolute Gasteiger partial charge is 0.171 e. The van der Waals surface area contributed by atoms with E-state index >= 15 is 0 Å². The van der Waals surface area contributed by atoms with E-state index in [1.54, 1.807) is 6.20 Å². The van der Waals surface area contributed by atoms with Gasteiger partial charge in [0.25, 0.3) is 0 Å². The molecule has 0 amide bonds. The highest BCUT2D eigenvalue weighted by Gasteiger charge is 2.25. The Kier molecular flexibility index (Phi) is 4.88. The van der Waals surface area contributed by atoms with Crippen molar-refractivity contribution in [1.29, 1.82) is 0 Å². The lowest BCUT2D eigenvalue weighted by molar-refractivity contribution is 0.0859. The van der Waals surface area contributed by atoms with Gasteiger partial charge in [-0.05, 0) is 25.0 Å². The summed E-state index contributed by atoms with van der Waals surface area (Å²) in [6.07, 6.45) is 3.77. The number of Topliss-reactive ketones (excluding diaryl/α,β-unsaturated/α-hetero) is 1. The fourth-order valence-electron chi connectivity index (χ4n) is 1.79. The van der Waals surface area contributed by atoms with E-state index < -0.39 is 0 Å². The van der Waals surface area contributed by atoms with E-state index in [0.717, 1.165) is 12.8 Å². The highest BCUT2D eigenvalue weighted by molar-refractivity contribution is 6.03. The van der Waals surface area contributed by atoms with Crippen molar-refractivity contribution < 1.29 is 4.79 Å². The third kappa shape index (κ3) is 3.56. The molecule has 0 atom stereocenters. The Morgan fingerprint density at radius 1 is 1.33 bits per heavy atom. The monoisotopic (exact) mass is 248 g/mol. The predicted molar refractivity (Wildman–Crippen MR) is 76.0 cm³/mol. The van der Waals surface area contributed by atoms with Gasteiger partial charge >= 0.3 is 0 Å². The second kappa shape index (κ2) is 5.98. The van der Waals surface area contributed by atoms with Crippen LogP contribution in [-0.2, 0) is 0 Å². The van der Waals surface area contributed by atoms with Crippen LogP contribution in [0, 0.1) is 5.41 Å². The number of ketones is 1. The van der Waals surface area contributed by atoms with Crippen LogP contribution in [0.2, 0.25) is 0 Å². The molecule has 3 nitrogen and oxygen atoms in total. The number of hydrogen-bond acceptors (Lipinski definition) is 3. The molecule has 1 rings (SSSR count). The quantitative estimate of drug-likeness (QED) is 0.803. The van der Waals surface area contributed by atoms with Crippen LogP contribution in [0.3, 0.4) is 0 Å². The third-order valence-corrected chi connectivity index (χ3v) is 3.06. The maximum absolute atomic E-state index is 12.4. The summed E-state index contributed by atoms with van der Waals surface area (Å²) in [4.78, 5) is 16.7. The van der Waals surface area contributed by atoms with Crippen molar-refractivity contribution in [2.24, 2.45) is 5.41 Å². The number of hydrogen-bond donors (Lipinski definition) is 1. The topological polar surface area (TPSA) is 42.0 Å². The lowest BCUT2D eigenvalue weighted by atomic mass is 9.86. The summed E-state index contributed by atoms with van der Waals surface area (Å²) < 4.78 is 0.